The second kappa shape index (κ2) is 8.77. The van der Waals surface area contributed by atoms with Gasteiger partial charge in [-0.15, -0.1) is 0 Å². The number of hydrogen-bond acceptors (Lipinski definition) is 7. The van der Waals surface area contributed by atoms with Crippen LogP contribution in [0.15, 0.2) is 60.9 Å². The standard InChI is InChI=1S/C22H23N5O3/c1-16-7-5-6-14-26(16)22-20(27(28)29)21(23-15-24-22)25-17-10-12-19(13-11-17)30-18-8-3-2-4-9-18/h2-4,8-13,15-16H,5-7,14H2,1H3,(H,23,24,25). The van der Waals surface area contributed by atoms with Crippen LogP contribution in [-0.2, 0) is 0 Å². The van der Waals surface area contributed by atoms with E-state index in [1.54, 1.807) is 24.3 Å². The highest BCUT2D eigenvalue weighted by Gasteiger charge is 2.30. The molecule has 1 aliphatic rings. The molecular formula is C22H23N5O3. The van der Waals surface area contributed by atoms with Gasteiger partial charge in [-0.3, -0.25) is 10.1 Å². The van der Waals surface area contributed by atoms with Crippen LogP contribution in [0.5, 0.6) is 11.5 Å². The fourth-order valence-electron chi connectivity index (χ4n) is 3.62. The van der Waals surface area contributed by atoms with Gasteiger partial charge < -0.3 is 15.0 Å². The Morgan fingerprint density at radius 2 is 1.80 bits per heavy atom. The van der Waals surface area contributed by atoms with Crippen LogP contribution in [-0.4, -0.2) is 27.5 Å². The Morgan fingerprint density at radius 3 is 2.50 bits per heavy atom. The number of benzene rings is 2. The second-order valence-corrected chi connectivity index (χ2v) is 7.25. The molecule has 1 unspecified atom stereocenters. The van der Waals surface area contributed by atoms with Crippen LogP contribution in [0.1, 0.15) is 26.2 Å². The third-order valence-electron chi connectivity index (χ3n) is 5.16. The molecule has 2 aromatic carbocycles. The van der Waals surface area contributed by atoms with Crippen LogP contribution in [0.4, 0.5) is 23.0 Å². The van der Waals surface area contributed by atoms with Gasteiger partial charge in [-0.25, -0.2) is 9.97 Å². The molecule has 1 aliphatic heterocycles. The number of nitro groups is 1. The second-order valence-electron chi connectivity index (χ2n) is 7.25. The van der Waals surface area contributed by atoms with Crippen LogP contribution >= 0.6 is 0 Å². The third kappa shape index (κ3) is 4.32. The van der Waals surface area contributed by atoms with E-state index in [2.05, 4.69) is 22.2 Å². The topological polar surface area (TPSA) is 93.4 Å². The molecule has 0 aliphatic carbocycles. The van der Waals surface area contributed by atoms with Crippen molar-refractivity contribution in [3.8, 4) is 11.5 Å². The van der Waals surface area contributed by atoms with Crippen LogP contribution < -0.4 is 15.0 Å². The molecule has 0 radical (unpaired) electrons. The van der Waals surface area contributed by atoms with Gasteiger partial charge in [0.05, 0.1) is 4.92 Å². The highest BCUT2D eigenvalue weighted by Crippen LogP contribution is 2.36. The van der Waals surface area contributed by atoms with E-state index in [0.717, 1.165) is 31.6 Å². The molecule has 1 N–H and O–H groups in total. The quantitative estimate of drug-likeness (QED) is 0.439. The summed E-state index contributed by atoms with van der Waals surface area (Å²) < 4.78 is 5.79. The number of aromatic nitrogens is 2. The maximum Gasteiger partial charge on any atom is 0.353 e. The minimum atomic E-state index is -0.411. The van der Waals surface area contributed by atoms with Gasteiger partial charge in [0.15, 0.2) is 0 Å². The highest BCUT2D eigenvalue weighted by molar-refractivity contribution is 5.74. The van der Waals surface area contributed by atoms with E-state index in [0.29, 0.717) is 17.3 Å². The monoisotopic (exact) mass is 405 g/mol. The first-order valence-electron chi connectivity index (χ1n) is 9.98. The first-order chi connectivity index (χ1) is 14.6. The maximum absolute atomic E-state index is 11.9. The van der Waals surface area contributed by atoms with Crippen molar-refractivity contribution in [2.24, 2.45) is 0 Å². The first kappa shape index (κ1) is 19.6. The predicted octanol–water partition coefficient (Wildman–Crippen LogP) is 5.30. The average Bonchev–Trinajstić information content (AvgIpc) is 2.76. The summed E-state index contributed by atoms with van der Waals surface area (Å²) in [4.78, 5) is 21.9. The lowest BCUT2D eigenvalue weighted by Crippen LogP contribution is -2.38. The Balaban J connectivity index is 1.57. The van der Waals surface area contributed by atoms with Crippen LogP contribution in [0, 0.1) is 10.1 Å². The molecule has 4 rings (SSSR count). The van der Waals surface area contributed by atoms with Gasteiger partial charge in [-0.05, 0) is 62.6 Å². The number of piperidine rings is 1. The number of para-hydroxylation sites is 1. The minimum Gasteiger partial charge on any atom is -0.457 e. The van der Waals surface area contributed by atoms with Crippen LogP contribution in [0.25, 0.3) is 0 Å². The largest absolute Gasteiger partial charge is 0.457 e. The molecule has 0 amide bonds. The lowest BCUT2D eigenvalue weighted by atomic mass is 10.0. The van der Waals surface area contributed by atoms with E-state index < -0.39 is 4.92 Å². The Labute approximate surface area is 174 Å². The fraction of sp³-hybridized carbons (Fsp3) is 0.273. The number of anilines is 3. The molecule has 3 aromatic rings. The van der Waals surface area contributed by atoms with Gasteiger partial charge in [0, 0.05) is 18.3 Å². The summed E-state index contributed by atoms with van der Waals surface area (Å²) in [6.45, 7) is 2.83. The molecule has 2 heterocycles. The summed E-state index contributed by atoms with van der Waals surface area (Å²) in [5, 5.41) is 14.9. The van der Waals surface area contributed by atoms with Crippen molar-refractivity contribution in [2.45, 2.75) is 32.2 Å². The summed E-state index contributed by atoms with van der Waals surface area (Å²) in [6.07, 6.45) is 4.49. The van der Waals surface area contributed by atoms with Crippen molar-refractivity contribution in [3.63, 3.8) is 0 Å². The van der Waals surface area contributed by atoms with E-state index in [-0.39, 0.29) is 17.5 Å². The van der Waals surface area contributed by atoms with Crippen molar-refractivity contribution in [3.05, 3.63) is 71.0 Å². The van der Waals surface area contributed by atoms with Crippen molar-refractivity contribution >= 4 is 23.0 Å². The van der Waals surface area contributed by atoms with Crippen LogP contribution in [0.2, 0.25) is 0 Å². The minimum absolute atomic E-state index is 0.101. The fourth-order valence-corrected chi connectivity index (χ4v) is 3.62. The zero-order valence-electron chi connectivity index (χ0n) is 16.7. The molecule has 154 valence electrons. The van der Waals surface area contributed by atoms with E-state index in [1.807, 2.05) is 35.2 Å². The predicted molar refractivity (Wildman–Crippen MR) is 116 cm³/mol. The molecule has 0 saturated carbocycles. The van der Waals surface area contributed by atoms with Gasteiger partial charge in [-0.2, -0.15) is 0 Å². The molecule has 30 heavy (non-hydrogen) atoms. The number of hydrogen-bond donors (Lipinski definition) is 1. The average molecular weight is 405 g/mol. The molecule has 0 bridgehead atoms. The number of ether oxygens (including phenoxy) is 1. The molecule has 8 nitrogen and oxygen atoms in total. The third-order valence-corrected chi connectivity index (χ3v) is 5.16. The van der Waals surface area contributed by atoms with E-state index >= 15 is 0 Å². The van der Waals surface area contributed by atoms with Gasteiger partial charge in [0.1, 0.15) is 17.8 Å². The Kier molecular flexibility index (Phi) is 5.74. The van der Waals surface area contributed by atoms with Crippen molar-refractivity contribution < 1.29 is 9.66 Å². The molecule has 1 saturated heterocycles. The number of nitrogens with zero attached hydrogens (tertiary/aromatic N) is 4. The molecule has 0 spiro atoms. The van der Waals surface area contributed by atoms with E-state index in [4.69, 9.17) is 4.74 Å². The summed E-state index contributed by atoms with van der Waals surface area (Å²) in [7, 11) is 0. The van der Waals surface area contributed by atoms with Crippen molar-refractivity contribution in [1.29, 1.82) is 0 Å². The van der Waals surface area contributed by atoms with Gasteiger partial charge >= 0.3 is 5.69 Å². The molecule has 1 aromatic heterocycles. The molecule has 1 fully saturated rings. The summed E-state index contributed by atoms with van der Waals surface area (Å²) in [5.74, 6) is 1.96. The highest BCUT2D eigenvalue weighted by atomic mass is 16.6. The summed E-state index contributed by atoms with van der Waals surface area (Å²) in [5.41, 5.74) is 0.575. The van der Waals surface area contributed by atoms with Crippen molar-refractivity contribution in [2.75, 3.05) is 16.8 Å². The Bertz CT molecular complexity index is 1010. The summed E-state index contributed by atoms with van der Waals surface area (Å²) >= 11 is 0. The SMILES string of the molecule is CC1CCCCN1c1ncnc(Nc2ccc(Oc3ccccc3)cc2)c1[N+](=O)[O-]. The molecule has 8 heteroatoms. The van der Waals surface area contributed by atoms with Crippen molar-refractivity contribution in [1.82, 2.24) is 9.97 Å². The Hall–Kier alpha value is -3.68. The molecule has 1 atom stereocenters. The lowest BCUT2D eigenvalue weighted by Gasteiger charge is -2.33. The maximum atomic E-state index is 11.9. The zero-order valence-corrected chi connectivity index (χ0v) is 16.7. The first-order valence-corrected chi connectivity index (χ1v) is 9.98. The zero-order chi connectivity index (χ0) is 20.9. The van der Waals surface area contributed by atoms with Gasteiger partial charge in [0.25, 0.3) is 0 Å². The summed E-state index contributed by atoms with van der Waals surface area (Å²) in [6, 6.07) is 16.9. The van der Waals surface area contributed by atoms with E-state index in [9.17, 15) is 10.1 Å². The van der Waals surface area contributed by atoms with E-state index in [1.165, 1.54) is 6.33 Å². The number of nitrogens with one attached hydrogen (secondary N) is 1. The Morgan fingerprint density at radius 1 is 1.07 bits per heavy atom. The van der Waals surface area contributed by atoms with Gasteiger partial charge in [0.2, 0.25) is 11.6 Å². The number of rotatable bonds is 6. The van der Waals surface area contributed by atoms with Crippen LogP contribution in [0.3, 0.4) is 0 Å². The molecular weight excluding hydrogens is 382 g/mol. The smallest absolute Gasteiger partial charge is 0.353 e. The van der Waals surface area contributed by atoms with Gasteiger partial charge in [-0.1, -0.05) is 18.2 Å². The normalized spacial score (nSPS) is 16.2. The lowest BCUT2D eigenvalue weighted by molar-refractivity contribution is -0.383.